The SMILES string of the molecule is COC(=O)c1cnc(NC2CCCC2SC)cn1. The number of hydrogen-bond acceptors (Lipinski definition) is 6. The van der Waals surface area contributed by atoms with Gasteiger partial charge in [0, 0.05) is 11.3 Å². The number of thioether (sulfide) groups is 1. The average molecular weight is 267 g/mol. The highest BCUT2D eigenvalue weighted by Crippen LogP contribution is 2.30. The minimum Gasteiger partial charge on any atom is -0.464 e. The summed E-state index contributed by atoms with van der Waals surface area (Å²) in [5.74, 6) is 0.255. The number of carbonyl (C=O) groups excluding carboxylic acids is 1. The molecule has 2 atom stereocenters. The Morgan fingerprint density at radius 2 is 2.28 bits per heavy atom. The fourth-order valence-electron chi connectivity index (χ4n) is 2.18. The Kier molecular flexibility index (Phi) is 4.41. The Morgan fingerprint density at radius 1 is 1.44 bits per heavy atom. The van der Waals surface area contributed by atoms with Crippen molar-refractivity contribution in [1.82, 2.24) is 9.97 Å². The number of rotatable bonds is 4. The molecule has 0 saturated heterocycles. The van der Waals surface area contributed by atoms with Gasteiger partial charge in [0.2, 0.25) is 0 Å². The highest BCUT2D eigenvalue weighted by atomic mass is 32.2. The molecule has 18 heavy (non-hydrogen) atoms. The third-order valence-electron chi connectivity index (χ3n) is 3.13. The number of methoxy groups -OCH3 is 1. The normalized spacial score (nSPS) is 22.8. The zero-order valence-electron chi connectivity index (χ0n) is 10.5. The Morgan fingerprint density at radius 3 is 2.89 bits per heavy atom. The van der Waals surface area contributed by atoms with Crippen molar-refractivity contribution in [3.05, 3.63) is 18.1 Å². The quantitative estimate of drug-likeness (QED) is 0.841. The molecule has 1 heterocycles. The minimum atomic E-state index is -0.461. The molecule has 0 aliphatic heterocycles. The number of nitrogens with zero attached hydrogens (tertiary/aromatic N) is 2. The van der Waals surface area contributed by atoms with Crippen molar-refractivity contribution in [2.75, 3.05) is 18.7 Å². The summed E-state index contributed by atoms with van der Waals surface area (Å²) in [7, 11) is 1.33. The van der Waals surface area contributed by atoms with Gasteiger partial charge in [-0.3, -0.25) is 0 Å². The van der Waals surface area contributed by atoms with Gasteiger partial charge in [-0.25, -0.2) is 14.8 Å². The van der Waals surface area contributed by atoms with E-state index in [2.05, 4.69) is 26.3 Å². The van der Waals surface area contributed by atoms with E-state index in [1.807, 2.05) is 11.8 Å². The molecular weight excluding hydrogens is 250 g/mol. The number of hydrogen-bond donors (Lipinski definition) is 1. The first-order valence-electron chi connectivity index (χ1n) is 5.94. The monoisotopic (exact) mass is 267 g/mol. The third-order valence-corrected chi connectivity index (χ3v) is 4.30. The predicted octanol–water partition coefficient (Wildman–Crippen LogP) is 1.96. The molecular formula is C12H17N3O2S. The molecule has 1 N–H and O–H groups in total. The first kappa shape index (κ1) is 13.1. The summed E-state index contributed by atoms with van der Waals surface area (Å²) in [6, 6.07) is 0.443. The third kappa shape index (κ3) is 2.93. The van der Waals surface area contributed by atoms with Gasteiger partial charge in [-0.15, -0.1) is 0 Å². The van der Waals surface area contributed by atoms with Crippen molar-refractivity contribution < 1.29 is 9.53 Å². The number of anilines is 1. The Hall–Kier alpha value is -1.30. The van der Waals surface area contributed by atoms with Gasteiger partial charge < -0.3 is 10.1 Å². The maximum absolute atomic E-state index is 11.2. The molecule has 1 aromatic heterocycles. The maximum Gasteiger partial charge on any atom is 0.358 e. The fourth-order valence-corrected chi connectivity index (χ4v) is 3.11. The highest BCUT2D eigenvalue weighted by molar-refractivity contribution is 7.99. The molecule has 1 aliphatic carbocycles. The fraction of sp³-hybridized carbons (Fsp3) is 0.583. The lowest BCUT2D eigenvalue weighted by atomic mass is 10.2. The van der Waals surface area contributed by atoms with Crippen LogP contribution in [0.1, 0.15) is 29.8 Å². The summed E-state index contributed by atoms with van der Waals surface area (Å²) in [6.07, 6.45) is 8.81. The molecule has 98 valence electrons. The molecule has 2 rings (SSSR count). The lowest BCUT2D eigenvalue weighted by molar-refractivity contribution is 0.0593. The first-order chi connectivity index (χ1) is 8.74. The molecule has 1 fully saturated rings. The van der Waals surface area contributed by atoms with Crippen LogP contribution in [0.5, 0.6) is 0 Å². The van der Waals surface area contributed by atoms with E-state index in [9.17, 15) is 4.79 Å². The molecule has 0 spiro atoms. The van der Waals surface area contributed by atoms with Crippen molar-refractivity contribution in [2.24, 2.45) is 0 Å². The van der Waals surface area contributed by atoms with Gasteiger partial charge >= 0.3 is 5.97 Å². The van der Waals surface area contributed by atoms with Crippen LogP contribution in [-0.2, 0) is 4.74 Å². The maximum atomic E-state index is 11.2. The smallest absolute Gasteiger partial charge is 0.358 e. The number of aromatic nitrogens is 2. The molecule has 6 heteroatoms. The lowest BCUT2D eigenvalue weighted by Crippen LogP contribution is -2.26. The molecule has 1 aliphatic rings. The second-order valence-electron chi connectivity index (χ2n) is 4.23. The molecule has 5 nitrogen and oxygen atoms in total. The lowest BCUT2D eigenvalue weighted by Gasteiger charge is -2.19. The van der Waals surface area contributed by atoms with Crippen molar-refractivity contribution in [1.29, 1.82) is 0 Å². The number of nitrogens with one attached hydrogen (secondary N) is 1. The summed E-state index contributed by atoms with van der Waals surface area (Å²) in [5, 5.41) is 4.01. The highest BCUT2D eigenvalue weighted by Gasteiger charge is 2.26. The van der Waals surface area contributed by atoms with Crippen LogP contribution in [-0.4, -0.2) is 40.6 Å². The van der Waals surface area contributed by atoms with Gasteiger partial charge in [0.1, 0.15) is 5.82 Å². The second kappa shape index (κ2) is 6.04. The predicted molar refractivity (Wildman–Crippen MR) is 71.9 cm³/mol. The van der Waals surface area contributed by atoms with Crippen molar-refractivity contribution in [2.45, 2.75) is 30.6 Å². The zero-order valence-corrected chi connectivity index (χ0v) is 11.4. The van der Waals surface area contributed by atoms with Gasteiger partial charge in [-0.2, -0.15) is 11.8 Å². The van der Waals surface area contributed by atoms with E-state index >= 15 is 0 Å². The van der Waals surface area contributed by atoms with E-state index in [1.54, 1.807) is 6.20 Å². The van der Waals surface area contributed by atoms with Crippen LogP contribution in [0.2, 0.25) is 0 Å². The molecule has 0 bridgehead atoms. The van der Waals surface area contributed by atoms with Crippen molar-refractivity contribution in [3.63, 3.8) is 0 Å². The van der Waals surface area contributed by atoms with Gasteiger partial charge in [-0.1, -0.05) is 6.42 Å². The largest absolute Gasteiger partial charge is 0.464 e. The molecule has 0 aromatic carbocycles. The van der Waals surface area contributed by atoms with Crippen LogP contribution in [0.25, 0.3) is 0 Å². The van der Waals surface area contributed by atoms with E-state index in [-0.39, 0.29) is 5.69 Å². The summed E-state index contributed by atoms with van der Waals surface area (Å²) in [5.41, 5.74) is 0.232. The van der Waals surface area contributed by atoms with E-state index in [1.165, 1.54) is 26.1 Å². The molecule has 1 aromatic rings. The zero-order chi connectivity index (χ0) is 13.0. The van der Waals surface area contributed by atoms with Crippen LogP contribution >= 0.6 is 11.8 Å². The van der Waals surface area contributed by atoms with E-state index < -0.39 is 5.97 Å². The number of carbonyl (C=O) groups is 1. The van der Waals surface area contributed by atoms with Crippen LogP contribution in [0, 0.1) is 0 Å². The number of ether oxygens (including phenoxy) is 1. The summed E-state index contributed by atoms with van der Waals surface area (Å²) < 4.78 is 4.58. The summed E-state index contributed by atoms with van der Waals surface area (Å²) >= 11 is 1.89. The van der Waals surface area contributed by atoms with Gasteiger partial charge in [0.05, 0.1) is 19.5 Å². The average Bonchev–Trinajstić information content (AvgIpc) is 2.86. The topological polar surface area (TPSA) is 64.1 Å². The van der Waals surface area contributed by atoms with Gasteiger partial charge in [0.15, 0.2) is 5.69 Å². The molecule has 0 amide bonds. The van der Waals surface area contributed by atoms with Gasteiger partial charge in [0.25, 0.3) is 0 Å². The summed E-state index contributed by atoms with van der Waals surface area (Å²) in [6.45, 7) is 0. The Labute approximate surface area is 111 Å². The van der Waals surface area contributed by atoms with Crippen molar-refractivity contribution in [3.8, 4) is 0 Å². The van der Waals surface area contributed by atoms with Crippen LogP contribution in [0.4, 0.5) is 5.82 Å². The first-order valence-corrected chi connectivity index (χ1v) is 7.23. The van der Waals surface area contributed by atoms with E-state index in [4.69, 9.17) is 0 Å². The van der Waals surface area contributed by atoms with Crippen LogP contribution in [0.3, 0.4) is 0 Å². The van der Waals surface area contributed by atoms with Crippen LogP contribution in [0.15, 0.2) is 12.4 Å². The molecule has 2 unspecified atom stereocenters. The second-order valence-corrected chi connectivity index (χ2v) is 5.31. The Bertz CT molecular complexity index is 410. The van der Waals surface area contributed by atoms with Crippen molar-refractivity contribution >= 4 is 23.5 Å². The Balaban J connectivity index is 2.00. The molecule has 0 radical (unpaired) electrons. The van der Waals surface area contributed by atoms with E-state index in [0.29, 0.717) is 17.1 Å². The standard InChI is InChI=1S/C12H17N3O2S/c1-17-12(16)9-6-14-11(7-13-9)15-8-4-3-5-10(8)18-2/h6-8,10H,3-5H2,1-2H3,(H,14,15). The molecule has 1 saturated carbocycles. The van der Waals surface area contributed by atoms with Gasteiger partial charge in [-0.05, 0) is 19.1 Å². The minimum absolute atomic E-state index is 0.232. The van der Waals surface area contributed by atoms with E-state index in [0.717, 1.165) is 6.42 Å². The van der Waals surface area contributed by atoms with Crippen LogP contribution < -0.4 is 5.32 Å². The number of esters is 1. The summed E-state index contributed by atoms with van der Waals surface area (Å²) in [4.78, 5) is 19.5.